The summed E-state index contributed by atoms with van der Waals surface area (Å²) in [4.78, 5) is 11.9. The summed E-state index contributed by atoms with van der Waals surface area (Å²) in [5.74, 6) is 0.845. The number of carbonyl (C=O) groups excluding carboxylic acids is 1. The first kappa shape index (κ1) is 14.8. The monoisotopic (exact) mass is 298 g/mol. The quantitative estimate of drug-likeness (QED) is 0.777. The third-order valence-corrected chi connectivity index (χ3v) is 3.90. The number of hydrogen-bond donors (Lipinski definition) is 2. The SMILES string of the molecule is O=C(CNCC1CC1)NCc1ccccc1Cn1cccn1. The normalized spacial score (nSPS) is 14.0. The fraction of sp³-hybridized carbons (Fsp3) is 0.412. The van der Waals surface area contributed by atoms with E-state index in [0.29, 0.717) is 13.1 Å². The number of amides is 1. The van der Waals surface area contributed by atoms with Crippen LogP contribution in [0.2, 0.25) is 0 Å². The second kappa shape index (κ2) is 7.22. The molecule has 1 aliphatic carbocycles. The van der Waals surface area contributed by atoms with Gasteiger partial charge in [0.15, 0.2) is 0 Å². The fourth-order valence-electron chi connectivity index (χ4n) is 2.42. The van der Waals surface area contributed by atoms with Crippen LogP contribution < -0.4 is 10.6 Å². The van der Waals surface area contributed by atoms with Crippen LogP contribution in [-0.2, 0) is 17.9 Å². The molecule has 5 heteroatoms. The summed E-state index contributed by atoms with van der Waals surface area (Å²) in [6.45, 7) is 2.64. The first-order valence-electron chi connectivity index (χ1n) is 7.83. The number of rotatable bonds is 8. The molecule has 2 aromatic rings. The maximum atomic E-state index is 11.9. The minimum absolute atomic E-state index is 0.0505. The molecule has 1 saturated carbocycles. The zero-order valence-electron chi connectivity index (χ0n) is 12.7. The molecule has 1 aliphatic rings. The van der Waals surface area contributed by atoms with Crippen molar-refractivity contribution in [1.82, 2.24) is 20.4 Å². The molecule has 2 N–H and O–H groups in total. The van der Waals surface area contributed by atoms with E-state index in [1.54, 1.807) is 6.20 Å². The smallest absolute Gasteiger partial charge is 0.234 e. The average molecular weight is 298 g/mol. The minimum atomic E-state index is 0.0505. The Labute approximate surface area is 130 Å². The summed E-state index contributed by atoms with van der Waals surface area (Å²) in [6.07, 6.45) is 6.32. The molecule has 1 heterocycles. The standard InChI is InChI=1S/C17H22N4O/c22-17(12-18-10-14-6-7-14)19-11-15-4-1-2-5-16(15)13-21-9-3-8-20-21/h1-5,8-9,14,18H,6-7,10-13H2,(H,19,22). The van der Waals surface area contributed by atoms with Crippen molar-refractivity contribution in [2.45, 2.75) is 25.9 Å². The van der Waals surface area contributed by atoms with Crippen LogP contribution in [0.25, 0.3) is 0 Å². The molecule has 0 unspecified atom stereocenters. The van der Waals surface area contributed by atoms with Crippen molar-refractivity contribution in [1.29, 1.82) is 0 Å². The van der Waals surface area contributed by atoms with Gasteiger partial charge >= 0.3 is 0 Å². The highest BCUT2D eigenvalue weighted by Crippen LogP contribution is 2.27. The predicted molar refractivity (Wildman–Crippen MR) is 85.2 cm³/mol. The molecule has 116 valence electrons. The van der Waals surface area contributed by atoms with Crippen LogP contribution in [0.1, 0.15) is 24.0 Å². The van der Waals surface area contributed by atoms with Gasteiger partial charge in [-0.1, -0.05) is 24.3 Å². The van der Waals surface area contributed by atoms with Gasteiger partial charge in [-0.3, -0.25) is 9.48 Å². The van der Waals surface area contributed by atoms with Gasteiger partial charge in [0, 0.05) is 18.9 Å². The van der Waals surface area contributed by atoms with E-state index in [1.807, 2.05) is 29.1 Å². The zero-order valence-corrected chi connectivity index (χ0v) is 12.7. The number of nitrogens with zero attached hydrogens (tertiary/aromatic N) is 2. The number of nitrogens with one attached hydrogen (secondary N) is 2. The summed E-state index contributed by atoms with van der Waals surface area (Å²) in [6, 6.07) is 10.1. The lowest BCUT2D eigenvalue weighted by molar-refractivity contribution is -0.120. The van der Waals surface area contributed by atoms with Crippen molar-refractivity contribution < 1.29 is 4.79 Å². The zero-order chi connectivity index (χ0) is 15.2. The Kier molecular flexibility index (Phi) is 4.85. The van der Waals surface area contributed by atoms with Crippen LogP contribution in [0.4, 0.5) is 0 Å². The lowest BCUT2D eigenvalue weighted by atomic mass is 10.1. The third kappa shape index (κ3) is 4.43. The van der Waals surface area contributed by atoms with Crippen LogP contribution in [0, 0.1) is 5.92 Å². The molecule has 5 nitrogen and oxygen atoms in total. The molecule has 22 heavy (non-hydrogen) atoms. The fourth-order valence-corrected chi connectivity index (χ4v) is 2.42. The Hall–Kier alpha value is -2.14. The van der Waals surface area contributed by atoms with E-state index in [-0.39, 0.29) is 5.91 Å². The summed E-state index contributed by atoms with van der Waals surface area (Å²) in [7, 11) is 0. The molecule has 0 spiro atoms. The highest BCUT2D eigenvalue weighted by atomic mass is 16.1. The predicted octanol–water partition coefficient (Wildman–Crippen LogP) is 1.55. The molecule has 1 aromatic carbocycles. The van der Waals surface area contributed by atoms with Crippen molar-refractivity contribution in [3.8, 4) is 0 Å². The van der Waals surface area contributed by atoms with Gasteiger partial charge in [-0.15, -0.1) is 0 Å². The summed E-state index contributed by atoms with van der Waals surface area (Å²) in [5.41, 5.74) is 2.31. The highest BCUT2D eigenvalue weighted by molar-refractivity contribution is 5.78. The molecule has 0 bridgehead atoms. The topological polar surface area (TPSA) is 59.0 Å². The summed E-state index contributed by atoms with van der Waals surface area (Å²) in [5, 5.41) is 10.4. The van der Waals surface area contributed by atoms with Gasteiger partial charge in [-0.25, -0.2) is 0 Å². The molecule has 3 rings (SSSR count). The second-order valence-electron chi connectivity index (χ2n) is 5.82. The Morgan fingerprint density at radius 1 is 1.23 bits per heavy atom. The molecule has 0 atom stereocenters. The van der Waals surface area contributed by atoms with E-state index >= 15 is 0 Å². The van der Waals surface area contributed by atoms with Gasteiger partial charge < -0.3 is 10.6 Å². The van der Waals surface area contributed by atoms with Crippen molar-refractivity contribution >= 4 is 5.91 Å². The number of aromatic nitrogens is 2. The molecule has 0 radical (unpaired) electrons. The van der Waals surface area contributed by atoms with Crippen molar-refractivity contribution in [2.75, 3.05) is 13.1 Å². The van der Waals surface area contributed by atoms with Crippen molar-refractivity contribution in [3.05, 3.63) is 53.9 Å². The number of carbonyl (C=O) groups is 1. The minimum Gasteiger partial charge on any atom is -0.351 e. The van der Waals surface area contributed by atoms with E-state index < -0.39 is 0 Å². The number of hydrogen-bond acceptors (Lipinski definition) is 3. The Bertz CT molecular complexity index is 605. The van der Waals surface area contributed by atoms with E-state index in [2.05, 4.69) is 27.9 Å². The molecular formula is C17H22N4O. The van der Waals surface area contributed by atoms with E-state index in [1.165, 1.54) is 18.4 Å². The molecule has 0 saturated heterocycles. The lowest BCUT2D eigenvalue weighted by Crippen LogP contribution is -2.34. The molecule has 0 aliphatic heterocycles. The maximum absolute atomic E-state index is 11.9. The van der Waals surface area contributed by atoms with Crippen LogP contribution in [0.15, 0.2) is 42.7 Å². The maximum Gasteiger partial charge on any atom is 0.234 e. The Morgan fingerprint density at radius 3 is 2.77 bits per heavy atom. The lowest BCUT2D eigenvalue weighted by Gasteiger charge is -2.11. The summed E-state index contributed by atoms with van der Waals surface area (Å²) < 4.78 is 1.89. The van der Waals surface area contributed by atoms with Crippen LogP contribution in [-0.4, -0.2) is 28.8 Å². The molecule has 1 amide bonds. The van der Waals surface area contributed by atoms with Gasteiger partial charge in [0.2, 0.25) is 5.91 Å². The Balaban J connectivity index is 1.49. The van der Waals surface area contributed by atoms with Crippen molar-refractivity contribution in [2.24, 2.45) is 5.92 Å². The van der Waals surface area contributed by atoms with Gasteiger partial charge in [0.25, 0.3) is 0 Å². The van der Waals surface area contributed by atoms with Gasteiger partial charge in [0.05, 0.1) is 13.1 Å². The van der Waals surface area contributed by atoms with Crippen LogP contribution >= 0.6 is 0 Å². The number of benzene rings is 1. The van der Waals surface area contributed by atoms with E-state index in [0.717, 1.165) is 24.6 Å². The highest BCUT2D eigenvalue weighted by Gasteiger charge is 2.20. The van der Waals surface area contributed by atoms with Gasteiger partial charge in [-0.2, -0.15) is 5.10 Å². The van der Waals surface area contributed by atoms with Gasteiger partial charge in [-0.05, 0) is 42.5 Å². The molecule has 1 aromatic heterocycles. The Morgan fingerprint density at radius 2 is 2.05 bits per heavy atom. The summed E-state index contributed by atoms with van der Waals surface area (Å²) >= 11 is 0. The van der Waals surface area contributed by atoms with E-state index in [4.69, 9.17) is 0 Å². The first-order chi connectivity index (χ1) is 10.8. The van der Waals surface area contributed by atoms with Gasteiger partial charge in [0.1, 0.15) is 0 Å². The van der Waals surface area contributed by atoms with Crippen molar-refractivity contribution in [3.63, 3.8) is 0 Å². The van der Waals surface area contributed by atoms with Crippen LogP contribution in [0.5, 0.6) is 0 Å². The molecule has 1 fully saturated rings. The average Bonchev–Trinajstić information content (AvgIpc) is 3.21. The van der Waals surface area contributed by atoms with E-state index in [9.17, 15) is 4.79 Å². The first-order valence-corrected chi connectivity index (χ1v) is 7.83. The van der Waals surface area contributed by atoms with Crippen LogP contribution in [0.3, 0.4) is 0 Å². The largest absolute Gasteiger partial charge is 0.351 e. The molecular weight excluding hydrogens is 276 g/mol. The second-order valence-corrected chi connectivity index (χ2v) is 5.82. The third-order valence-electron chi connectivity index (χ3n) is 3.90.